The molecule has 0 bridgehead atoms. The monoisotopic (exact) mass is 410 g/mol. The van der Waals surface area contributed by atoms with Gasteiger partial charge in [0.05, 0.1) is 13.2 Å². The minimum atomic E-state index is -0.804. The summed E-state index contributed by atoms with van der Waals surface area (Å²) in [4.78, 5) is 46.3. The van der Waals surface area contributed by atoms with Gasteiger partial charge in [0.2, 0.25) is 0 Å². The number of carbonyl (C=O) groups is 4. The Morgan fingerprint density at radius 2 is 1.00 bits per heavy atom. The first kappa shape index (κ1) is 23.2. The summed E-state index contributed by atoms with van der Waals surface area (Å²) in [6.45, 7) is 3.76. The van der Waals surface area contributed by atoms with Gasteiger partial charge in [-0.15, -0.1) is 0 Å². The lowest BCUT2D eigenvalue weighted by Crippen LogP contribution is -2.43. The average Bonchev–Trinajstić information content (AvgIpc) is 2.71. The van der Waals surface area contributed by atoms with Crippen LogP contribution in [0.3, 0.4) is 0 Å². The Hall–Kier alpha value is -2.12. The van der Waals surface area contributed by atoms with Gasteiger partial charge in [-0.3, -0.25) is 9.59 Å². The third kappa shape index (κ3) is 7.66. The molecule has 8 nitrogen and oxygen atoms in total. The van der Waals surface area contributed by atoms with E-state index in [1.807, 2.05) is 0 Å². The molecule has 0 aromatic heterocycles. The number of carbonyl (C=O) groups excluding carboxylic acids is 4. The van der Waals surface area contributed by atoms with Crippen LogP contribution in [0.1, 0.15) is 71.6 Å². The molecule has 0 radical (unpaired) electrons. The molecule has 2 N–H and O–H groups in total. The number of rotatable bonds is 6. The summed E-state index contributed by atoms with van der Waals surface area (Å²) in [6, 6.07) is 0.106. The van der Waals surface area contributed by atoms with Crippen molar-refractivity contribution < 1.29 is 28.7 Å². The zero-order chi connectivity index (χ0) is 21.2. The molecule has 0 unspecified atom stereocenters. The van der Waals surface area contributed by atoms with Crippen molar-refractivity contribution >= 4 is 23.8 Å². The lowest BCUT2D eigenvalue weighted by molar-refractivity contribution is -0.155. The van der Waals surface area contributed by atoms with Crippen molar-refractivity contribution in [2.24, 2.45) is 11.8 Å². The first-order valence-electron chi connectivity index (χ1n) is 10.9. The summed E-state index contributed by atoms with van der Waals surface area (Å²) in [5, 5.41) is 5.56. The molecule has 0 aromatic rings. The molecule has 0 atom stereocenters. The molecular formula is C21H34N2O6. The standard InChI is InChI=1S/C21H34N2O6/c1-3-28-20(26)18(24)22-16-9-5-14(6-10-16)13-15-7-11-17(12-8-15)23-19(25)21(27)29-4-2/h14-17H,3-13H2,1-2H3,(H,22,24)(H,23,25). The molecule has 2 aliphatic carbocycles. The van der Waals surface area contributed by atoms with Gasteiger partial charge in [0, 0.05) is 12.1 Å². The highest BCUT2D eigenvalue weighted by Gasteiger charge is 2.29. The van der Waals surface area contributed by atoms with Gasteiger partial charge in [0.25, 0.3) is 0 Å². The third-order valence-corrected chi connectivity index (χ3v) is 5.95. The van der Waals surface area contributed by atoms with Crippen LogP contribution in [0.2, 0.25) is 0 Å². The fraction of sp³-hybridized carbons (Fsp3) is 0.810. The van der Waals surface area contributed by atoms with Crippen LogP contribution in [0.4, 0.5) is 0 Å². The van der Waals surface area contributed by atoms with Crippen LogP contribution >= 0.6 is 0 Å². The van der Waals surface area contributed by atoms with Crippen molar-refractivity contribution in [2.45, 2.75) is 83.7 Å². The number of ether oxygens (including phenoxy) is 2. The predicted octanol–water partition coefficient (Wildman–Crippen LogP) is 1.85. The molecule has 0 heterocycles. The molecule has 0 saturated heterocycles. The fourth-order valence-electron chi connectivity index (χ4n) is 4.44. The van der Waals surface area contributed by atoms with Crippen LogP contribution in [0, 0.1) is 11.8 Å². The normalized spacial score (nSPS) is 26.8. The molecule has 2 fully saturated rings. The fourth-order valence-corrected chi connectivity index (χ4v) is 4.44. The van der Waals surface area contributed by atoms with Crippen molar-refractivity contribution in [1.82, 2.24) is 10.6 Å². The van der Waals surface area contributed by atoms with E-state index in [-0.39, 0.29) is 25.3 Å². The van der Waals surface area contributed by atoms with E-state index in [4.69, 9.17) is 9.47 Å². The van der Waals surface area contributed by atoms with E-state index < -0.39 is 23.8 Å². The SMILES string of the molecule is CCOC(=O)C(=O)NC1CCC(CC2CCC(NC(=O)C(=O)OCC)CC2)CC1. The maximum atomic E-state index is 11.7. The lowest BCUT2D eigenvalue weighted by Gasteiger charge is -2.34. The first-order chi connectivity index (χ1) is 13.9. The second-order valence-electron chi connectivity index (χ2n) is 8.06. The van der Waals surface area contributed by atoms with Gasteiger partial charge in [-0.25, -0.2) is 9.59 Å². The summed E-state index contributed by atoms with van der Waals surface area (Å²) < 4.78 is 9.44. The smallest absolute Gasteiger partial charge is 0.396 e. The minimum absolute atomic E-state index is 0.0528. The van der Waals surface area contributed by atoms with Gasteiger partial charge < -0.3 is 20.1 Å². The summed E-state index contributed by atoms with van der Waals surface area (Å²) in [6.07, 6.45) is 8.92. The molecule has 2 saturated carbocycles. The van der Waals surface area contributed by atoms with Crippen LogP contribution in [0.15, 0.2) is 0 Å². The predicted molar refractivity (Wildman–Crippen MR) is 106 cm³/mol. The van der Waals surface area contributed by atoms with E-state index in [0.717, 1.165) is 57.8 Å². The van der Waals surface area contributed by atoms with Gasteiger partial charge in [-0.2, -0.15) is 0 Å². The summed E-state index contributed by atoms with van der Waals surface area (Å²) >= 11 is 0. The molecule has 0 aromatic carbocycles. The molecular weight excluding hydrogens is 376 g/mol. The third-order valence-electron chi connectivity index (χ3n) is 5.95. The van der Waals surface area contributed by atoms with E-state index in [0.29, 0.717) is 11.8 Å². The molecule has 2 amide bonds. The Balaban J connectivity index is 1.63. The zero-order valence-corrected chi connectivity index (χ0v) is 17.5. The number of nitrogens with one attached hydrogen (secondary N) is 2. The minimum Gasteiger partial charge on any atom is -0.459 e. The molecule has 2 aliphatic rings. The van der Waals surface area contributed by atoms with E-state index >= 15 is 0 Å². The molecule has 2 rings (SSSR count). The largest absolute Gasteiger partial charge is 0.459 e. The molecule has 29 heavy (non-hydrogen) atoms. The van der Waals surface area contributed by atoms with Gasteiger partial charge in [-0.1, -0.05) is 0 Å². The number of hydrogen-bond acceptors (Lipinski definition) is 6. The highest BCUT2D eigenvalue weighted by Crippen LogP contribution is 2.35. The van der Waals surface area contributed by atoms with Crippen molar-refractivity contribution in [3.8, 4) is 0 Å². The Morgan fingerprint density at radius 1 is 0.655 bits per heavy atom. The van der Waals surface area contributed by atoms with Crippen molar-refractivity contribution in [3.05, 3.63) is 0 Å². The summed E-state index contributed by atoms with van der Waals surface area (Å²) in [7, 11) is 0. The van der Waals surface area contributed by atoms with E-state index in [1.165, 1.54) is 0 Å². The number of hydrogen-bond donors (Lipinski definition) is 2. The van der Waals surface area contributed by atoms with Gasteiger partial charge in [0.1, 0.15) is 0 Å². The number of amides is 2. The Bertz CT molecular complexity index is 528. The van der Waals surface area contributed by atoms with Crippen LogP contribution in [-0.4, -0.2) is 49.1 Å². The molecule has 164 valence electrons. The Labute approximate surface area is 172 Å². The van der Waals surface area contributed by atoms with Crippen LogP contribution in [0.25, 0.3) is 0 Å². The van der Waals surface area contributed by atoms with Gasteiger partial charge in [0.15, 0.2) is 0 Å². The maximum Gasteiger partial charge on any atom is 0.396 e. The topological polar surface area (TPSA) is 111 Å². The second-order valence-corrected chi connectivity index (χ2v) is 8.06. The summed E-state index contributed by atoms with van der Waals surface area (Å²) in [5.41, 5.74) is 0. The zero-order valence-electron chi connectivity index (χ0n) is 17.5. The van der Waals surface area contributed by atoms with Crippen LogP contribution in [0.5, 0.6) is 0 Å². The van der Waals surface area contributed by atoms with Gasteiger partial charge >= 0.3 is 23.8 Å². The van der Waals surface area contributed by atoms with Gasteiger partial charge in [-0.05, 0) is 83.5 Å². The molecule has 0 aliphatic heterocycles. The maximum absolute atomic E-state index is 11.7. The van der Waals surface area contributed by atoms with Crippen molar-refractivity contribution in [3.63, 3.8) is 0 Å². The lowest BCUT2D eigenvalue weighted by atomic mass is 9.75. The Kier molecular flexibility index (Phi) is 9.41. The first-order valence-corrected chi connectivity index (χ1v) is 10.9. The Morgan fingerprint density at radius 3 is 1.31 bits per heavy atom. The molecule has 0 spiro atoms. The molecule has 8 heteroatoms. The van der Waals surface area contributed by atoms with Crippen LogP contribution in [-0.2, 0) is 28.7 Å². The van der Waals surface area contributed by atoms with Crippen LogP contribution < -0.4 is 10.6 Å². The second kappa shape index (κ2) is 11.8. The highest BCUT2D eigenvalue weighted by atomic mass is 16.5. The van der Waals surface area contributed by atoms with E-state index in [1.54, 1.807) is 13.8 Å². The highest BCUT2D eigenvalue weighted by molar-refractivity contribution is 6.32. The van der Waals surface area contributed by atoms with Crippen molar-refractivity contribution in [2.75, 3.05) is 13.2 Å². The van der Waals surface area contributed by atoms with Crippen molar-refractivity contribution in [1.29, 1.82) is 0 Å². The number of esters is 2. The summed E-state index contributed by atoms with van der Waals surface area (Å²) in [5.74, 6) is -1.61. The average molecular weight is 411 g/mol. The van der Waals surface area contributed by atoms with E-state index in [2.05, 4.69) is 10.6 Å². The van der Waals surface area contributed by atoms with E-state index in [9.17, 15) is 19.2 Å². The quantitative estimate of drug-likeness (QED) is 0.511.